The number of likely N-dealkylation sites (tertiary alicyclic amines) is 1. The molecule has 0 saturated carbocycles. The van der Waals surface area contributed by atoms with Crippen LogP contribution in [0.15, 0.2) is 34.9 Å². The molecule has 0 aliphatic carbocycles. The molecular weight excluding hydrogens is 364 g/mol. The first-order valence-corrected chi connectivity index (χ1v) is 9.01. The Hall–Kier alpha value is -3.16. The molecule has 1 aromatic heterocycles. The highest BCUT2D eigenvalue weighted by Crippen LogP contribution is 2.40. The summed E-state index contributed by atoms with van der Waals surface area (Å²) in [5.74, 6) is 1.30. The van der Waals surface area contributed by atoms with E-state index in [4.69, 9.17) is 18.6 Å². The Bertz CT molecular complexity index is 800. The Morgan fingerprint density at radius 1 is 1.07 bits per heavy atom. The lowest BCUT2D eigenvalue weighted by Gasteiger charge is -2.30. The molecule has 8 nitrogen and oxygen atoms in total. The van der Waals surface area contributed by atoms with Crippen molar-refractivity contribution in [2.24, 2.45) is 5.92 Å². The number of methoxy groups -OCH3 is 3. The van der Waals surface area contributed by atoms with Gasteiger partial charge in [-0.2, -0.15) is 0 Å². The van der Waals surface area contributed by atoms with Gasteiger partial charge >= 0.3 is 0 Å². The van der Waals surface area contributed by atoms with E-state index in [1.54, 1.807) is 29.2 Å². The number of anilines is 1. The molecule has 1 aliphatic heterocycles. The third-order valence-electron chi connectivity index (χ3n) is 4.82. The van der Waals surface area contributed by atoms with Gasteiger partial charge in [0.15, 0.2) is 17.3 Å². The Morgan fingerprint density at radius 2 is 1.71 bits per heavy atom. The van der Waals surface area contributed by atoms with Gasteiger partial charge in [0.2, 0.25) is 11.7 Å². The smallest absolute Gasteiger partial charge is 0.289 e. The van der Waals surface area contributed by atoms with Crippen LogP contribution in [0.2, 0.25) is 0 Å². The average molecular weight is 388 g/mol. The molecule has 0 unspecified atom stereocenters. The van der Waals surface area contributed by atoms with Gasteiger partial charge in [0.25, 0.3) is 5.91 Å². The number of furan rings is 1. The van der Waals surface area contributed by atoms with E-state index in [-0.39, 0.29) is 17.7 Å². The standard InChI is InChI=1S/C20H24N2O6/c1-25-16-11-14(12-17(26-2)18(16)27-3)21-19(23)13-6-8-22(9-7-13)20(24)15-5-4-10-28-15/h4-5,10-13H,6-9H2,1-3H3,(H,21,23). The van der Waals surface area contributed by atoms with Crippen LogP contribution >= 0.6 is 0 Å². The van der Waals surface area contributed by atoms with Crippen LogP contribution < -0.4 is 19.5 Å². The SMILES string of the molecule is COc1cc(NC(=O)C2CCN(C(=O)c3ccco3)CC2)cc(OC)c1OC. The lowest BCUT2D eigenvalue weighted by Crippen LogP contribution is -2.41. The van der Waals surface area contributed by atoms with Crippen molar-refractivity contribution in [1.29, 1.82) is 0 Å². The maximum atomic E-state index is 12.7. The highest BCUT2D eigenvalue weighted by atomic mass is 16.5. The predicted molar refractivity (Wildman–Crippen MR) is 102 cm³/mol. The number of ether oxygens (including phenoxy) is 3. The molecule has 28 heavy (non-hydrogen) atoms. The van der Waals surface area contributed by atoms with E-state index in [0.717, 1.165) is 0 Å². The van der Waals surface area contributed by atoms with E-state index >= 15 is 0 Å². The molecule has 150 valence electrons. The second kappa shape index (κ2) is 8.69. The van der Waals surface area contributed by atoms with Gasteiger partial charge in [-0.1, -0.05) is 0 Å². The van der Waals surface area contributed by atoms with Crippen molar-refractivity contribution in [2.45, 2.75) is 12.8 Å². The van der Waals surface area contributed by atoms with Crippen LogP contribution in [0.5, 0.6) is 17.2 Å². The molecule has 3 rings (SSSR count). The Labute approximate surface area is 163 Å². The van der Waals surface area contributed by atoms with Gasteiger partial charge < -0.3 is 28.8 Å². The summed E-state index contributed by atoms with van der Waals surface area (Å²) in [4.78, 5) is 26.7. The summed E-state index contributed by atoms with van der Waals surface area (Å²) in [7, 11) is 4.57. The van der Waals surface area contributed by atoms with Crippen LogP contribution in [-0.4, -0.2) is 51.1 Å². The monoisotopic (exact) mass is 388 g/mol. The second-order valence-corrected chi connectivity index (χ2v) is 6.45. The largest absolute Gasteiger partial charge is 0.493 e. The number of nitrogens with zero attached hydrogens (tertiary/aromatic N) is 1. The van der Waals surface area contributed by atoms with Gasteiger partial charge in [-0.05, 0) is 25.0 Å². The molecule has 0 atom stereocenters. The van der Waals surface area contributed by atoms with Crippen LogP contribution in [0.25, 0.3) is 0 Å². The maximum Gasteiger partial charge on any atom is 0.289 e. The van der Waals surface area contributed by atoms with Crippen molar-refractivity contribution in [3.63, 3.8) is 0 Å². The molecule has 0 bridgehead atoms. The maximum absolute atomic E-state index is 12.7. The lowest BCUT2D eigenvalue weighted by atomic mass is 9.95. The second-order valence-electron chi connectivity index (χ2n) is 6.45. The minimum atomic E-state index is -0.181. The zero-order valence-electron chi connectivity index (χ0n) is 16.2. The van der Waals surface area contributed by atoms with Gasteiger partial charge in [-0.15, -0.1) is 0 Å². The van der Waals surface area contributed by atoms with E-state index in [9.17, 15) is 9.59 Å². The van der Waals surface area contributed by atoms with E-state index in [1.807, 2.05) is 0 Å². The Morgan fingerprint density at radius 3 is 2.21 bits per heavy atom. The van der Waals surface area contributed by atoms with Crippen molar-refractivity contribution < 1.29 is 28.2 Å². The molecular formula is C20H24N2O6. The van der Waals surface area contributed by atoms with Crippen molar-refractivity contribution in [3.8, 4) is 17.2 Å². The summed E-state index contributed by atoms with van der Waals surface area (Å²) < 4.78 is 21.1. The number of piperidine rings is 1. The normalized spacial score (nSPS) is 14.5. The van der Waals surface area contributed by atoms with Crippen LogP contribution in [0.3, 0.4) is 0 Å². The first kappa shape index (κ1) is 19.6. The van der Waals surface area contributed by atoms with E-state index in [1.165, 1.54) is 27.6 Å². The van der Waals surface area contributed by atoms with Crippen LogP contribution in [0, 0.1) is 5.92 Å². The molecule has 2 amide bonds. The third kappa shape index (κ3) is 4.05. The first-order valence-electron chi connectivity index (χ1n) is 9.01. The molecule has 1 N–H and O–H groups in total. The van der Waals surface area contributed by atoms with E-state index < -0.39 is 0 Å². The number of hydrogen-bond donors (Lipinski definition) is 1. The number of hydrogen-bond acceptors (Lipinski definition) is 6. The van der Waals surface area contributed by atoms with Gasteiger partial charge in [0.1, 0.15) is 0 Å². The molecule has 0 radical (unpaired) electrons. The van der Waals surface area contributed by atoms with Crippen LogP contribution in [0.1, 0.15) is 23.4 Å². The summed E-state index contributed by atoms with van der Waals surface area (Å²) >= 11 is 0. The molecule has 2 heterocycles. The highest BCUT2D eigenvalue weighted by Gasteiger charge is 2.29. The van der Waals surface area contributed by atoms with Gasteiger partial charge in [0.05, 0.1) is 27.6 Å². The van der Waals surface area contributed by atoms with E-state index in [0.29, 0.717) is 54.6 Å². The zero-order chi connectivity index (χ0) is 20.1. The lowest BCUT2D eigenvalue weighted by molar-refractivity contribution is -0.121. The quantitative estimate of drug-likeness (QED) is 0.818. The number of carbonyl (C=O) groups is 2. The summed E-state index contributed by atoms with van der Waals surface area (Å²) in [5, 5.41) is 2.91. The van der Waals surface area contributed by atoms with Gasteiger partial charge in [0, 0.05) is 36.8 Å². The first-order chi connectivity index (χ1) is 13.6. The minimum absolute atomic E-state index is 0.0978. The molecule has 1 fully saturated rings. The number of benzene rings is 1. The van der Waals surface area contributed by atoms with E-state index in [2.05, 4.69) is 5.32 Å². The fourth-order valence-corrected chi connectivity index (χ4v) is 3.30. The Kier molecular flexibility index (Phi) is 6.08. The molecule has 2 aromatic rings. The number of nitrogens with one attached hydrogen (secondary N) is 1. The summed E-state index contributed by atoms with van der Waals surface area (Å²) in [6.45, 7) is 1.01. The summed E-state index contributed by atoms with van der Waals surface area (Å²) in [5.41, 5.74) is 0.564. The Balaban J connectivity index is 1.62. The molecule has 1 aliphatic rings. The van der Waals surface area contributed by atoms with Gasteiger partial charge in [-0.25, -0.2) is 0 Å². The highest BCUT2D eigenvalue weighted by molar-refractivity contribution is 5.94. The average Bonchev–Trinajstić information content (AvgIpc) is 3.27. The molecule has 8 heteroatoms. The fourth-order valence-electron chi connectivity index (χ4n) is 3.30. The van der Waals surface area contributed by atoms with Crippen molar-refractivity contribution in [3.05, 3.63) is 36.3 Å². The van der Waals surface area contributed by atoms with Gasteiger partial charge in [-0.3, -0.25) is 9.59 Å². The molecule has 0 spiro atoms. The van der Waals surface area contributed by atoms with Crippen molar-refractivity contribution in [2.75, 3.05) is 39.7 Å². The predicted octanol–water partition coefficient (Wildman–Crippen LogP) is 2.80. The minimum Gasteiger partial charge on any atom is -0.493 e. The van der Waals surface area contributed by atoms with Crippen molar-refractivity contribution >= 4 is 17.5 Å². The summed E-state index contributed by atoms with van der Waals surface area (Å²) in [6.07, 6.45) is 2.65. The molecule has 1 aromatic carbocycles. The summed E-state index contributed by atoms with van der Waals surface area (Å²) in [6, 6.07) is 6.71. The number of carbonyl (C=O) groups excluding carboxylic acids is 2. The molecule has 1 saturated heterocycles. The zero-order valence-corrected chi connectivity index (χ0v) is 16.2. The third-order valence-corrected chi connectivity index (χ3v) is 4.82. The topological polar surface area (TPSA) is 90.2 Å². The number of amides is 2. The van der Waals surface area contributed by atoms with Crippen LogP contribution in [0.4, 0.5) is 5.69 Å². The van der Waals surface area contributed by atoms with Crippen molar-refractivity contribution in [1.82, 2.24) is 4.90 Å². The fraction of sp³-hybridized carbons (Fsp3) is 0.400. The number of rotatable bonds is 6. The van der Waals surface area contributed by atoms with Crippen LogP contribution in [-0.2, 0) is 4.79 Å².